The molecule has 2 nitrogen and oxygen atoms in total. The van der Waals surface area contributed by atoms with Crippen molar-refractivity contribution < 1.29 is 5.21 Å². The minimum atomic E-state index is 0.389. The Hall–Kier alpha value is -0.760. The molecule has 3 heteroatoms. The first-order valence-corrected chi connectivity index (χ1v) is 2.87. The molecule has 1 rings (SSSR count). The summed E-state index contributed by atoms with van der Waals surface area (Å²) in [4.78, 5) is 0. The van der Waals surface area contributed by atoms with Crippen molar-refractivity contribution in [2.45, 2.75) is 6.42 Å². The smallest absolute Gasteiger partial charge is 0.102 e. The van der Waals surface area contributed by atoms with Crippen LogP contribution in [-0.2, 0) is 0 Å². The molecular formula is C6H5ClNO. The summed E-state index contributed by atoms with van der Waals surface area (Å²) in [6, 6.07) is 0. The fourth-order valence-electron chi connectivity index (χ4n) is 0.560. The van der Waals surface area contributed by atoms with Crippen molar-refractivity contribution in [3.63, 3.8) is 0 Å². The Labute approximate surface area is 58.1 Å². The maximum Gasteiger partial charge on any atom is 0.102 e. The van der Waals surface area contributed by atoms with E-state index in [4.69, 9.17) is 16.8 Å². The summed E-state index contributed by atoms with van der Waals surface area (Å²) >= 11 is 5.55. The molecule has 0 aromatic carbocycles. The van der Waals surface area contributed by atoms with Gasteiger partial charge in [-0.3, -0.25) is 0 Å². The van der Waals surface area contributed by atoms with Crippen LogP contribution in [0.5, 0.6) is 0 Å². The Morgan fingerprint density at radius 1 is 1.78 bits per heavy atom. The summed E-state index contributed by atoms with van der Waals surface area (Å²) in [6.45, 7) is 0. The summed E-state index contributed by atoms with van der Waals surface area (Å²) in [6.07, 6.45) is 6.81. The molecule has 9 heavy (non-hydrogen) atoms. The van der Waals surface area contributed by atoms with Gasteiger partial charge in [0.2, 0.25) is 0 Å². The zero-order chi connectivity index (χ0) is 6.69. The van der Waals surface area contributed by atoms with Gasteiger partial charge in [0.25, 0.3) is 0 Å². The molecule has 0 aromatic rings. The van der Waals surface area contributed by atoms with Gasteiger partial charge in [-0.2, -0.15) is 0 Å². The fourth-order valence-corrected chi connectivity index (χ4v) is 0.738. The van der Waals surface area contributed by atoms with Crippen molar-refractivity contribution in [2.75, 3.05) is 0 Å². The predicted octanol–water partition coefficient (Wildman–Crippen LogP) is 1.70. The topological polar surface area (TPSA) is 32.6 Å². The van der Waals surface area contributed by atoms with E-state index >= 15 is 0 Å². The lowest BCUT2D eigenvalue weighted by molar-refractivity contribution is 0.318. The van der Waals surface area contributed by atoms with Crippen molar-refractivity contribution >= 4 is 17.3 Å². The summed E-state index contributed by atoms with van der Waals surface area (Å²) in [7, 11) is 0. The van der Waals surface area contributed by atoms with Crippen LogP contribution in [0.15, 0.2) is 22.3 Å². The summed E-state index contributed by atoms with van der Waals surface area (Å²) in [5.74, 6) is 0. The first kappa shape index (κ1) is 6.36. The largest absolute Gasteiger partial charge is 0.411 e. The highest BCUT2D eigenvalue weighted by Crippen LogP contribution is 2.11. The number of allylic oxidation sites excluding steroid dienone is 4. The molecule has 0 spiro atoms. The van der Waals surface area contributed by atoms with Crippen LogP contribution >= 0.6 is 11.6 Å². The quantitative estimate of drug-likeness (QED) is 0.405. The average molecular weight is 143 g/mol. The lowest BCUT2D eigenvalue weighted by atomic mass is 10.1. The molecule has 0 fully saturated rings. The Balaban J connectivity index is 2.83. The highest BCUT2D eigenvalue weighted by Gasteiger charge is 2.04. The van der Waals surface area contributed by atoms with Crippen LogP contribution in [0.2, 0.25) is 0 Å². The third kappa shape index (κ3) is 1.33. The second kappa shape index (κ2) is 2.69. The number of rotatable bonds is 0. The molecule has 0 saturated carbocycles. The number of oxime groups is 1. The molecule has 0 heterocycles. The summed E-state index contributed by atoms with van der Waals surface area (Å²) < 4.78 is 0. The van der Waals surface area contributed by atoms with Gasteiger partial charge in [0.15, 0.2) is 0 Å². The predicted molar refractivity (Wildman–Crippen MR) is 35.6 cm³/mol. The molecule has 1 radical (unpaired) electrons. The monoisotopic (exact) mass is 142 g/mol. The highest BCUT2D eigenvalue weighted by atomic mass is 35.5. The highest BCUT2D eigenvalue weighted by molar-refractivity contribution is 6.43. The Bertz CT molecular complexity index is 193. The van der Waals surface area contributed by atoms with Gasteiger partial charge in [0.05, 0.1) is 5.03 Å². The number of hydrogen-bond acceptors (Lipinski definition) is 2. The van der Waals surface area contributed by atoms with E-state index < -0.39 is 0 Å². The van der Waals surface area contributed by atoms with Crippen molar-refractivity contribution in [1.82, 2.24) is 0 Å². The molecule has 0 amide bonds. The first-order chi connectivity index (χ1) is 4.34. The van der Waals surface area contributed by atoms with E-state index in [-0.39, 0.29) is 0 Å². The van der Waals surface area contributed by atoms with Gasteiger partial charge in [-0.25, -0.2) is 0 Å². The molecule has 0 aliphatic heterocycles. The lowest BCUT2D eigenvalue weighted by Crippen LogP contribution is -1.99. The van der Waals surface area contributed by atoms with Gasteiger partial charge < -0.3 is 5.21 Å². The standard InChI is InChI=1S/C6H5ClNO/c7-5-3-1-2-4-6(5)8-9/h1-2,9H,4H2. The Morgan fingerprint density at radius 2 is 2.56 bits per heavy atom. The Morgan fingerprint density at radius 3 is 3.00 bits per heavy atom. The fraction of sp³-hybridized carbons (Fsp3) is 0.167. The van der Waals surface area contributed by atoms with Gasteiger partial charge in [-0.05, 0) is 0 Å². The molecular weight excluding hydrogens is 138 g/mol. The average Bonchev–Trinajstić information content (AvgIpc) is 1.89. The zero-order valence-electron chi connectivity index (χ0n) is 4.63. The molecule has 1 N–H and O–H groups in total. The molecule has 47 valence electrons. The summed E-state index contributed by atoms with van der Waals surface area (Å²) in [5.41, 5.74) is 0.471. The maximum atomic E-state index is 8.27. The van der Waals surface area contributed by atoms with Crippen molar-refractivity contribution in [3.05, 3.63) is 23.3 Å². The molecule has 0 aromatic heterocycles. The third-order valence-electron chi connectivity index (χ3n) is 1.01. The van der Waals surface area contributed by atoms with Gasteiger partial charge in [0, 0.05) is 12.5 Å². The second-order valence-corrected chi connectivity index (χ2v) is 1.99. The van der Waals surface area contributed by atoms with Crippen LogP contribution in [0, 0.1) is 6.08 Å². The molecule has 1 aliphatic rings. The number of nitrogens with zero attached hydrogens (tertiary/aromatic N) is 1. The van der Waals surface area contributed by atoms with E-state index in [1.165, 1.54) is 0 Å². The number of hydrogen-bond donors (Lipinski definition) is 1. The van der Waals surface area contributed by atoms with E-state index in [1.807, 2.05) is 6.08 Å². The van der Waals surface area contributed by atoms with Crippen LogP contribution in [0.4, 0.5) is 0 Å². The van der Waals surface area contributed by atoms with Gasteiger partial charge >= 0.3 is 0 Å². The van der Waals surface area contributed by atoms with Crippen molar-refractivity contribution in [1.29, 1.82) is 0 Å². The summed E-state index contributed by atoms with van der Waals surface area (Å²) in [5, 5.41) is 11.6. The molecule has 0 atom stereocenters. The third-order valence-corrected chi connectivity index (χ3v) is 1.34. The van der Waals surface area contributed by atoms with Crippen LogP contribution in [0.1, 0.15) is 6.42 Å². The second-order valence-electron chi connectivity index (χ2n) is 1.61. The van der Waals surface area contributed by atoms with Gasteiger partial charge in [0.1, 0.15) is 5.71 Å². The minimum Gasteiger partial charge on any atom is -0.411 e. The van der Waals surface area contributed by atoms with Gasteiger partial charge in [-0.1, -0.05) is 28.9 Å². The minimum absolute atomic E-state index is 0.389. The molecule has 0 bridgehead atoms. The van der Waals surface area contributed by atoms with Gasteiger partial charge in [-0.15, -0.1) is 0 Å². The normalized spacial score (nSPS) is 22.3. The molecule has 1 aliphatic carbocycles. The SMILES string of the molecule is ON=C1CC=C[C]=C1Cl. The number of halogens is 1. The van der Waals surface area contributed by atoms with Crippen molar-refractivity contribution in [2.24, 2.45) is 5.16 Å². The van der Waals surface area contributed by atoms with E-state index in [1.54, 1.807) is 6.08 Å². The van der Waals surface area contributed by atoms with Crippen LogP contribution in [0.25, 0.3) is 0 Å². The van der Waals surface area contributed by atoms with E-state index in [9.17, 15) is 0 Å². The maximum absolute atomic E-state index is 8.27. The molecule has 0 saturated heterocycles. The van der Waals surface area contributed by atoms with E-state index in [2.05, 4.69) is 11.2 Å². The van der Waals surface area contributed by atoms with Crippen LogP contribution in [0.3, 0.4) is 0 Å². The van der Waals surface area contributed by atoms with E-state index in [0.717, 1.165) is 0 Å². The Kier molecular flexibility index (Phi) is 1.90. The zero-order valence-corrected chi connectivity index (χ0v) is 5.39. The van der Waals surface area contributed by atoms with Crippen LogP contribution < -0.4 is 0 Å². The first-order valence-electron chi connectivity index (χ1n) is 2.50. The van der Waals surface area contributed by atoms with Crippen molar-refractivity contribution in [3.8, 4) is 0 Å². The van der Waals surface area contributed by atoms with E-state index in [0.29, 0.717) is 17.2 Å². The molecule has 0 unspecified atom stereocenters. The lowest BCUT2D eigenvalue weighted by Gasteiger charge is -2.00. The van der Waals surface area contributed by atoms with Crippen LogP contribution in [-0.4, -0.2) is 10.9 Å².